The maximum Gasteiger partial charge on any atom is 0.223 e. The van der Waals surface area contributed by atoms with Gasteiger partial charge >= 0.3 is 0 Å². The highest BCUT2D eigenvalue weighted by Gasteiger charge is 2.26. The summed E-state index contributed by atoms with van der Waals surface area (Å²) in [5, 5.41) is 7.76. The Labute approximate surface area is 190 Å². The van der Waals surface area contributed by atoms with Crippen molar-refractivity contribution in [1.82, 2.24) is 20.2 Å². The summed E-state index contributed by atoms with van der Waals surface area (Å²) in [5.41, 5.74) is 1.01. The normalized spacial score (nSPS) is 22.3. The first-order valence-corrected chi connectivity index (χ1v) is 12.3. The maximum absolute atomic E-state index is 12.6. The van der Waals surface area contributed by atoms with Crippen molar-refractivity contribution in [2.24, 2.45) is 11.8 Å². The number of rotatable bonds is 8. The van der Waals surface area contributed by atoms with E-state index in [1.54, 1.807) is 0 Å². The second-order valence-electron chi connectivity index (χ2n) is 9.08. The lowest BCUT2D eigenvalue weighted by molar-refractivity contribution is -0.126. The van der Waals surface area contributed by atoms with E-state index in [4.69, 9.17) is 12.2 Å². The minimum atomic E-state index is 0.177. The molecule has 0 radical (unpaired) electrons. The molecule has 0 atom stereocenters. The topological polar surface area (TPSA) is 73.1 Å². The fraction of sp³-hybridized carbons (Fsp3) is 0.625. The van der Waals surface area contributed by atoms with E-state index >= 15 is 0 Å². The van der Waals surface area contributed by atoms with Crippen LogP contribution >= 0.6 is 12.2 Å². The second kappa shape index (κ2) is 11.0. The minimum absolute atomic E-state index is 0.177. The quantitative estimate of drug-likeness (QED) is 0.415. The average molecular weight is 442 g/mol. The van der Waals surface area contributed by atoms with Crippen LogP contribution in [0.5, 0.6) is 0 Å². The van der Waals surface area contributed by atoms with Gasteiger partial charge in [-0.05, 0) is 94.8 Å². The molecule has 6 nitrogen and oxygen atoms in total. The van der Waals surface area contributed by atoms with E-state index in [1.165, 1.54) is 32.4 Å². The van der Waals surface area contributed by atoms with Crippen LogP contribution in [0.3, 0.4) is 0 Å². The van der Waals surface area contributed by atoms with Gasteiger partial charge in [0.05, 0.1) is 5.52 Å². The van der Waals surface area contributed by atoms with Gasteiger partial charge in [0, 0.05) is 24.4 Å². The summed E-state index contributed by atoms with van der Waals surface area (Å²) in [7, 11) is 0. The zero-order chi connectivity index (χ0) is 21.5. The lowest BCUT2D eigenvalue weighted by Crippen LogP contribution is -2.36. The summed E-state index contributed by atoms with van der Waals surface area (Å²) >= 11 is 5.27. The van der Waals surface area contributed by atoms with E-state index in [0.717, 1.165) is 68.5 Å². The number of para-hydroxylation sites is 1. The first-order chi connectivity index (χ1) is 15.2. The Bertz CT molecular complexity index is 916. The predicted octanol–water partition coefficient (Wildman–Crippen LogP) is 4.50. The highest BCUT2D eigenvalue weighted by atomic mass is 32.1. The molecule has 1 saturated heterocycles. The molecule has 2 aliphatic rings. The van der Waals surface area contributed by atoms with Gasteiger partial charge in [0.25, 0.3) is 0 Å². The molecule has 1 aromatic carbocycles. The van der Waals surface area contributed by atoms with Gasteiger partial charge in [-0.2, -0.15) is 0 Å². The number of hydrogen-bond donors (Lipinski definition) is 3. The number of aromatic nitrogens is 2. The van der Waals surface area contributed by atoms with Crippen LogP contribution in [0.2, 0.25) is 0 Å². The van der Waals surface area contributed by atoms with Crippen molar-refractivity contribution in [3.05, 3.63) is 29.0 Å². The van der Waals surface area contributed by atoms with E-state index in [0.29, 0.717) is 10.7 Å². The van der Waals surface area contributed by atoms with Crippen LogP contribution in [0.1, 0.15) is 51.4 Å². The predicted molar refractivity (Wildman–Crippen MR) is 129 cm³/mol. The highest BCUT2D eigenvalue weighted by molar-refractivity contribution is 7.71. The molecule has 4 rings (SSSR count). The second-order valence-corrected chi connectivity index (χ2v) is 9.47. The van der Waals surface area contributed by atoms with Gasteiger partial charge in [-0.25, -0.2) is 4.98 Å². The van der Waals surface area contributed by atoms with Gasteiger partial charge in [-0.3, -0.25) is 4.79 Å². The van der Waals surface area contributed by atoms with Gasteiger partial charge in [-0.15, -0.1) is 0 Å². The van der Waals surface area contributed by atoms with Crippen LogP contribution in [0.4, 0.5) is 5.82 Å². The van der Waals surface area contributed by atoms with Crippen molar-refractivity contribution >= 4 is 34.8 Å². The van der Waals surface area contributed by atoms with Crippen LogP contribution in [0.25, 0.3) is 10.9 Å². The number of benzene rings is 1. The number of piperidine rings is 1. The van der Waals surface area contributed by atoms with Crippen molar-refractivity contribution < 1.29 is 4.79 Å². The van der Waals surface area contributed by atoms with Crippen molar-refractivity contribution in [2.75, 3.05) is 38.0 Å². The van der Waals surface area contributed by atoms with E-state index in [9.17, 15) is 4.79 Å². The van der Waals surface area contributed by atoms with Crippen LogP contribution in [-0.4, -0.2) is 53.5 Å². The summed E-state index contributed by atoms with van der Waals surface area (Å²) < 4.78 is 0.502. The van der Waals surface area contributed by atoms with Gasteiger partial charge in [0.2, 0.25) is 5.91 Å². The molecule has 0 spiro atoms. The number of hydrogen-bond acceptors (Lipinski definition) is 5. The van der Waals surface area contributed by atoms with Gasteiger partial charge in [0.15, 0.2) is 4.77 Å². The van der Waals surface area contributed by atoms with Crippen molar-refractivity contribution in [1.29, 1.82) is 0 Å². The number of H-pyrrole nitrogens is 1. The summed E-state index contributed by atoms with van der Waals surface area (Å²) in [6.45, 7) is 5.26. The van der Waals surface area contributed by atoms with Crippen molar-refractivity contribution in [3.8, 4) is 0 Å². The number of nitrogens with one attached hydrogen (secondary N) is 3. The molecule has 31 heavy (non-hydrogen) atoms. The van der Waals surface area contributed by atoms with Crippen LogP contribution in [0.15, 0.2) is 24.3 Å². The fourth-order valence-electron chi connectivity index (χ4n) is 4.95. The van der Waals surface area contributed by atoms with Crippen LogP contribution in [0, 0.1) is 16.6 Å². The first kappa shape index (κ1) is 22.2. The average Bonchev–Trinajstić information content (AvgIpc) is 2.81. The fourth-order valence-corrected chi connectivity index (χ4v) is 5.15. The van der Waals surface area contributed by atoms with Crippen molar-refractivity contribution in [2.45, 2.75) is 51.4 Å². The summed E-state index contributed by atoms with van der Waals surface area (Å²) in [6, 6.07) is 8.09. The standard InChI is InChI=1S/C24H35N5OS/c30-23(25-13-6-16-29-14-4-1-5-15-29)19-11-9-18(10-12-19)17-26-22-20-7-2-3-8-21(20)27-24(31)28-22/h2-3,7-8,18-19H,1,4-6,9-17H2,(H,25,30)(H2,26,27,28,31). The monoisotopic (exact) mass is 441 g/mol. The van der Waals surface area contributed by atoms with Gasteiger partial charge in [-0.1, -0.05) is 18.6 Å². The molecule has 1 aliphatic heterocycles. The number of amides is 1. The van der Waals surface area contributed by atoms with Crippen molar-refractivity contribution in [3.63, 3.8) is 0 Å². The van der Waals surface area contributed by atoms with E-state index in [-0.39, 0.29) is 11.8 Å². The Morgan fingerprint density at radius 2 is 1.90 bits per heavy atom. The minimum Gasteiger partial charge on any atom is -0.369 e. The molecule has 1 aliphatic carbocycles. The van der Waals surface area contributed by atoms with Gasteiger partial charge < -0.3 is 20.5 Å². The smallest absolute Gasteiger partial charge is 0.223 e. The summed E-state index contributed by atoms with van der Waals surface area (Å²) in [5.74, 6) is 1.86. The molecule has 1 amide bonds. The number of fused-ring (bicyclic) bond motifs is 1. The molecular formula is C24H35N5OS. The van der Waals surface area contributed by atoms with E-state index < -0.39 is 0 Å². The number of carbonyl (C=O) groups is 1. The number of carbonyl (C=O) groups excluding carboxylic acids is 1. The molecule has 2 heterocycles. The summed E-state index contributed by atoms with van der Waals surface area (Å²) in [4.78, 5) is 22.7. The highest BCUT2D eigenvalue weighted by Crippen LogP contribution is 2.29. The molecule has 3 N–H and O–H groups in total. The third-order valence-corrected chi connectivity index (χ3v) is 7.01. The molecule has 2 aromatic rings. The van der Waals surface area contributed by atoms with E-state index in [1.807, 2.05) is 18.2 Å². The molecule has 0 unspecified atom stereocenters. The maximum atomic E-state index is 12.6. The lowest BCUT2D eigenvalue weighted by atomic mass is 9.81. The third kappa shape index (κ3) is 6.26. The Morgan fingerprint density at radius 1 is 1.13 bits per heavy atom. The third-order valence-electron chi connectivity index (χ3n) is 6.81. The molecular weight excluding hydrogens is 406 g/mol. The lowest BCUT2D eigenvalue weighted by Gasteiger charge is -2.28. The number of aromatic amines is 1. The molecule has 0 bridgehead atoms. The number of nitrogens with zero attached hydrogens (tertiary/aromatic N) is 2. The Balaban J connectivity index is 1.17. The first-order valence-electron chi connectivity index (χ1n) is 11.9. The van der Waals surface area contributed by atoms with Gasteiger partial charge in [0.1, 0.15) is 5.82 Å². The summed E-state index contributed by atoms with van der Waals surface area (Å²) in [6.07, 6.45) is 9.21. The molecule has 1 saturated carbocycles. The SMILES string of the molecule is O=C(NCCCN1CCCCC1)C1CCC(CNc2nc(=S)[nH]c3ccccc23)CC1. The molecule has 168 valence electrons. The molecule has 7 heteroatoms. The zero-order valence-corrected chi connectivity index (χ0v) is 19.2. The largest absolute Gasteiger partial charge is 0.369 e. The Kier molecular flexibility index (Phi) is 7.92. The van der Waals surface area contributed by atoms with E-state index in [2.05, 4.69) is 31.6 Å². The molecule has 2 fully saturated rings. The van der Waals surface area contributed by atoms with Crippen LogP contribution in [-0.2, 0) is 4.79 Å². The Morgan fingerprint density at radius 3 is 2.71 bits per heavy atom. The Hall–Kier alpha value is -1.99. The molecule has 1 aromatic heterocycles. The number of likely N-dealkylation sites (tertiary alicyclic amines) is 1. The zero-order valence-electron chi connectivity index (χ0n) is 18.4. The van der Waals surface area contributed by atoms with Crippen LogP contribution < -0.4 is 10.6 Å². The number of anilines is 1.